The highest BCUT2D eigenvalue weighted by molar-refractivity contribution is 5.74. The van der Waals surface area contributed by atoms with E-state index in [0.717, 1.165) is 31.5 Å². The molecule has 0 spiro atoms. The van der Waals surface area contributed by atoms with Crippen LogP contribution in [-0.4, -0.2) is 40.5 Å². The maximum atomic E-state index is 12.2. The van der Waals surface area contributed by atoms with Crippen molar-refractivity contribution in [1.29, 1.82) is 0 Å². The predicted octanol–water partition coefficient (Wildman–Crippen LogP) is 2.22. The zero-order valence-electron chi connectivity index (χ0n) is 12.5. The summed E-state index contributed by atoms with van der Waals surface area (Å²) in [7, 11) is 0. The number of carbonyl (C=O) groups is 1. The van der Waals surface area contributed by atoms with E-state index in [2.05, 4.69) is 21.4 Å². The Balaban J connectivity index is 1.46. The summed E-state index contributed by atoms with van der Waals surface area (Å²) in [6.45, 7) is 2.21. The molecule has 0 radical (unpaired) electrons. The Kier molecular flexibility index (Phi) is 4.63. The van der Waals surface area contributed by atoms with Crippen molar-refractivity contribution in [3.05, 3.63) is 60.2 Å². The number of likely N-dealkylation sites (tertiary alicyclic amines) is 1. The first-order valence-electron chi connectivity index (χ1n) is 7.64. The molecule has 5 heteroatoms. The van der Waals surface area contributed by atoms with Crippen LogP contribution in [0.15, 0.2) is 49.1 Å². The minimum atomic E-state index is 0.0234. The molecule has 2 aromatic heterocycles. The minimum Gasteiger partial charge on any atom is -0.338 e. The van der Waals surface area contributed by atoms with Gasteiger partial charge in [-0.1, -0.05) is 12.1 Å². The van der Waals surface area contributed by atoms with Gasteiger partial charge in [0.05, 0.1) is 0 Å². The van der Waals surface area contributed by atoms with Gasteiger partial charge in [0.2, 0.25) is 0 Å². The SMILES string of the molecule is O=C(NCCc1cccnc1)N1CCC(c2cccnc2)C1. The number of amides is 2. The molecule has 1 unspecified atom stereocenters. The predicted molar refractivity (Wildman–Crippen MR) is 84.5 cm³/mol. The number of pyridine rings is 2. The van der Waals surface area contributed by atoms with Gasteiger partial charge in [-0.2, -0.15) is 0 Å². The van der Waals surface area contributed by atoms with Gasteiger partial charge >= 0.3 is 6.03 Å². The molecule has 1 atom stereocenters. The number of carbonyl (C=O) groups excluding carboxylic acids is 1. The highest BCUT2D eigenvalue weighted by Gasteiger charge is 2.27. The fourth-order valence-electron chi connectivity index (χ4n) is 2.81. The zero-order chi connectivity index (χ0) is 15.2. The van der Waals surface area contributed by atoms with Crippen LogP contribution in [0.3, 0.4) is 0 Å². The molecule has 1 aliphatic rings. The number of aromatic nitrogens is 2. The largest absolute Gasteiger partial charge is 0.338 e. The Bertz CT molecular complexity index is 603. The summed E-state index contributed by atoms with van der Waals surface area (Å²) in [6, 6.07) is 7.99. The Morgan fingerprint density at radius 1 is 1.23 bits per heavy atom. The number of hydrogen-bond acceptors (Lipinski definition) is 3. The molecule has 2 aromatic rings. The van der Waals surface area contributed by atoms with Crippen LogP contribution in [0, 0.1) is 0 Å². The van der Waals surface area contributed by atoms with Crippen LogP contribution in [-0.2, 0) is 6.42 Å². The quantitative estimate of drug-likeness (QED) is 0.941. The maximum Gasteiger partial charge on any atom is 0.317 e. The highest BCUT2D eigenvalue weighted by atomic mass is 16.2. The molecule has 0 bridgehead atoms. The number of rotatable bonds is 4. The topological polar surface area (TPSA) is 58.1 Å². The molecule has 1 N–H and O–H groups in total. The smallest absolute Gasteiger partial charge is 0.317 e. The standard InChI is InChI=1S/C17H20N4O/c22-17(20-9-5-14-3-1-7-18-11-14)21-10-6-16(13-21)15-4-2-8-19-12-15/h1-4,7-8,11-12,16H,5-6,9-10,13H2,(H,20,22). The number of urea groups is 1. The zero-order valence-corrected chi connectivity index (χ0v) is 12.5. The molecule has 0 saturated carbocycles. The van der Waals surface area contributed by atoms with Gasteiger partial charge in [-0.25, -0.2) is 4.79 Å². The lowest BCUT2D eigenvalue weighted by Crippen LogP contribution is -2.39. The summed E-state index contributed by atoms with van der Waals surface area (Å²) < 4.78 is 0. The third kappa shape index (κ3) is 3.61. The highest BCUT2D eigenvalue weighted by Crippen LogP contribution is 2.26. The van der Waals surface area contributed by atoms with Gasteiger partial charge in [0.25, 0.3) is 0 Å². The van der Waals surface area contributed by atoms with E-state index in [4.69, 9.17) is 0 Å². The third-order valence-corrected chi connectivity index (χ3v) is 4.04. The molecular weight excluding hydrogens is 276 g/mol. The molecule has 3 heterocycles. The van der Waals surface area contributed by atoms with E-state index in [9.17, 15) is 4.79 Å². The van der Waals surface area contributed by atoms with Gasteiger partial charge in [-0.05, 0) is 36.1 Å². The van der Waals surface area contributed by atoms with Crippen LogP contribution in [0.1, 0.15) is 23.5 Å². The van der Waals surface area contributed by atoms with Crippen molar-refractivity contribution in [3.63, 3.8) is 0 Å². The van der Waals surface area contributed by atoms with Crippen LogP contribution >= 0.6 is 0 Å². The van der Waals surface area contributed by atoms with Gasteiger partial charge in [0.15, 0.2) is 0 Å². The van der Waals surface area contributed by atoms with E-state index < -0.39 is 0 Å². The summed E-state index contributed by atoms with van der Waals surface area (Å²) in [6.07, 6.45) is 9.07. The molecule has 0 aliphatic carbocycles. The summed E-state index contributed by atoms with van der Waals surface area (Å²) in [5.74, 6) is 0.401. The molecular formula is C17H20N4O. The normalized spacial score (nSPS) is 17.5. The second-order valence-corrected chi connectivity index (χ2v) is 5.56. The average Bonchev–Trinajstić information content (AvgIpc) is 3.07. The first-order valence-corrected chi connectivity index (χ1v) is 7.64. The second kappa shape index (κ2) is 7.02. The Labute approximate surface area is 130 Å². The third-order valence-electron chi connectivity index (χ3n) is 4.04. The van der Waals surface area contributed by atoms with E-state index in [-0.39, 0.29) is 6.03 Å². The van der Waals surface area contributed by atoms with Crippen LogP contribution in [0.2, 0.25) is 0 Å². The van der Waals surface area contributed by atoms with Gasteiger partial charge in [-0.15, -0.1) is 0 Å². The Morgan fingerprint density at radius 3 is 2.77 bits per heavy atom. The number of nitrogens with one attached hydrogen (secondary N) is 1. The Morgan fingerprint density at radius 2 is 2.05 bits per heavy atom. The fraction of sp³-hybridized carbons (Fsp3) is 0.353. The molecule has 114 valence electrons. The van der Waals surface area contributed by atoms with E-state index >= 15 is 0 Å². The van der Waals surface area contributed by atoms with Crippen molar-refractivity contribution < 1.29 is 4.79 Å². The summed E-state index contributed by atoms with van der Waals surface area (Å²) in [5, 5.41) is 2.99. The average molecular weight is 296 g/mol. The molecule has 2 amide bonds. The van der Waals surface area contributed by atoms with E-state index in [1.807, 2.05) is 35.5 Å². The summed E-state index contributed by atoms with van der Waals surface area (Å²) in [4.78, 5) is 22.3. The van der Waals surface area contributed by atoms with Crippen LogP contribution < -0.4 is 5.32 Å². The first kappa shape index (κ1) is 14.5. The van der Waals surface area contributed by atoms with Crippen molar-refractivity contribution in [2.24, 2.45) is 0 Å². The number of hydrogen-bond donors (Lipinski definition) is 1. The maximum absolute atomic E-state index is 12.2. The van der Waals surface area contributed by atoms with Crippen molar-refractivity contribution in [1.82, 2.24) is 20.2 Å². The Hall–Kier alpha value is -2.43. The monoisotopic (exact) mass is 296 g/mol. The second-order valence-electron chi connectivity index (χ2n) is 5.56. The van der Waals surface area contributed by atoms with Crippen molar-refractivity contribution >= 4 is 6.03 Å². The lowest BCUT2D eigenvalue weighted by Gasteiger charge is -2.17. The lowest BCUT2D eigenvalue weighted by molar-refractivity contribution is 0.208. The van der Waals surface area contributed by atoms with Gasteiger partial charge in [-0.3, -0.25) is 9.97 Å². The van der Waals surface area contributed by atoms with E-state index in [1.54, 1.807) is 12.4 Å². The van der Waals surface area contributed by atoms with E-state index in [1.165, 1.54) is 5.56 Å². The van der Waals surface area contributed by atoms with Crippen molar-refractivity contribution in [3.8, 4) is 0 Å². The minimum absolute atomic E-state index is 0.0234. The molecule has 1 saturated heterocycles. The van der Waals surface area contributed by atoms with Crippen molar-refractivity contribution in [2.45, 2.75) is 18.8 Å². The van der Waals surface area contributed by atoms with Gasteiger partial charge in [0, 0.05) is 50.3 Å². The molecule has 1 aliphatic heterocycles. The van der Waals surface area contributed by atoms with Gasteiger partial charge < -0.3 is 10.2 Å². The molecule has 22 heavy (non-hydrogen) atoms. The summed E-state index contributed by atoms with van der Waals surface area (Å²) in [5.41, 5.74) is 2.35. The lowest BCUT2D eigenvalue weighted by atomic mass is 10.0. The van der Waals surface area contributed by atoms with Crippen LogP contribution in [0.5, 0.6) is 0 Å². The van der Waals surface area contributed by atoms with Gasteiger partial charge in [0.1, 0.15) is 0 Å². The number of nitrogens with zero attached hydrogens (tertiary/aromatic N) is 3. The molecule has 3 rings (SSSR count). The van der Waals surface area contributed by atoms with Crippen molar-refractivity contribution in [2.75, 3.05) is 19.6 Å². The first-order chi connectivity index (χ1) is 10.8. The molecule has 0 aromatic carbocycles. The van der Waals surface area contributed by atoms with Crippen LogP contribution in [0.4, 0.5) is 4.79 Å². The van der Waals surface area contributed by atoms with E-state index in [0.29, 0.717) is 12.5 Å². The summed E-state index contributed by atoms with van der Waals surface area (Å²) >= 11 is 0. The van der Waals surface area contributed by atoms with Crippen LogP contribution in [0.25, 0.3) is 0 Å². The molecule has 1 fully saturated rings. The molecule has 5 nitrogen and oxygen atoms in total. The fourth-order valence-corrected chi connectivity index (χ4v) is 2.81.